The minimum atomic E-state index is -0.0957. The molecule has 0 aliphatic heterocycles. The van der Waals surface area contributed by atoms with Crippen molar-refractivity contribution >= 4 is 12.0 Å². The smallest absolute Gasteiger partial charge is 0.247 e. The van der Waals surface area contributed by atoms with E-state index in [9.17, 15) is 4.79 Å². The molecule has 3 rings (SSSR count). The molecule has 0 aliphatic carbocycles. The van der Waals surface area contributed by atoms with E-state index in [0.29, 0.717) is 13.1 Å². The third-order valence-electron chi connectivity index (χ3n) is 3.38. The first kappa shape index (κ1) is 14.9. The zero-order chi connectivity index (χ0) is 15.9. The van der Waals surface area contributed by atoms with Crippen LogP contribution in [0.4, 0.5) is 0 Å². The van der Waals surface area contributed by atoms with Gasteiger partial charge < -0.3 is 13.7 Å². The molecule has 0 atom stereocenters. The summed E-state index contributed by atoms with van der Waals surface area (Å²) >= 11 is 0. The highest BCUT2D eigenvalue weighted by atomic mass is 16.3. The van der Waals surface area contributed by atoms with Crippen molar-refractivity contribution in [3.05, 3.63) is 90.3 Å². The van der Waals surface area contributed by atoms with Gasteiger partial charge in [0.05, 0.1) is 25.6 Å². The second-order valence-corrected chi connectivity index (χ2v) is 5.10. The second kappa shape index (κ2) is 7.31. The predicted molar refractivity (Wildman–Crippen MR) is 87.1 cm³/mol. The Bertz CT molecular complexity index is 707. The maximum Gasteiger partial charge on any atom is 0.247 e. The molecule has 0 bridgehead atoms. The Labute approximate surface area is 134 Å². The second-order valence-electron chi connectivity index (χ2n) is 5.10. The molecule has 2 heterocycles. The highest BCUT2D eigenvalue weighted by molar-refractivity contribution is 5.91. The molecule has 0 saturated carbocycles. The Morgan fingerprint density at radius 2 is 1.48 bits per heavy atom. The standard InChI is InChI=1S/C19H17NO3/c21-19(11-10-16-6-2-1-3-7-16)20(14-17-8-4-12-22-17)15-18-9-5-13-23-18/h1-13H,14-15H2/b11-10+. The van der Waals surface area contributed by atoms with Crippen LogP contribution in [0, 0.1) is 0 Å². The van der Waals surface area contributed by atoms with E-state index in [-0.39, 0.29) is 5.91 Å². The largest absolute Gasteiger partial charge is 0.467 e. The van der Waals surface area contributed by atoms with Gasteiger partial charge in [0.2, 0.25) is 5.91 Å². The maximum absolute atomic E-state index is 12.5. The summed E-state index contributed by atoms with van der Waals surface area (Å²) in [6.45, 7) is 0.789. The first-order valence-corrected chi connectivity index (χ1v) is 7.38. The molecular formula is C19H17NO3. The third kappa shape index (κ3) is 4.23. The maximum atomic E-state index is 12.5. The summed E-state index contributed by atoms with van der Waals surface area (Å²) in [5, 5.41) is 0. The molecule has 2 aromatic heterocycles. The Morgan fingerprint density at radius 3 is 2.00 bits per heavy atom. The molecule has 4 nitrogen and oxygen atoms in total. The number of hydrogen-bond acceptors (Lipinski definition) is 3. The number of carbonyl (C=O) groups excluding carboxylic acids is 1. The van der Waals surface area contributed by atoms with Crippen LogP contribution in [0.1, 0.15) is 17.1 Å². The summed E-state index contributed by atoms with van der Waals surface area (Å²) in [6.07, 6.45) is 6.58. The molecule has 23 heavy (non-hydrogen) atoms. The minimum Gasteiger partial charge on any atom is -0.467 e. The molecule has 116 valence electrons. The van der Waals surface area contributed by atoms with Crippen molar-refractivity contribution in [2.75, 3.05) is 0 Å². The molecule has 3 aromatic rings. The van der Waals surface area contributed by atoms with Gasteiger partial charge in [-0.05, 0) is 35.9 Å². The number of rotatable bonds is 6. The van der Waals surface area contributed by atoms with E-state index in [2.05, 4.69) is 0 Å². The van der Waals surface area contributed by atoms with Crippen LogP contribution in [0.5, 0.6) is 0 Å². The fourth-order valence-corrected chi connectivity index (χ4v) is 2.23. The molecule has 0 saturated heterocycles. The first-order valence-electron chi connectivity index (χ1n) is 7.38. The van der Waals surface area contributed by atoms with Crippen molar-refractivity contribution in [2.45, 2.75) is 13.1 Å². The van der Waals surface area contributed by atoms with Crippen molar-refractivity contribution in [1.29, 1.82) is 0 Å². The number of benzene rings is 1. The van der Waals surface area contributed by atoms with E-state index in [1.807, 2.05) is 54.6 Å². The quantitative estimate of drug-likeness (QED) is 0.644. The molecule has 4 heteroatoms. The number of amides is 1. The highest BCUT2D eigenvalue weighted by Gasteiger charge is 2.14. The molecule has 0 N–H and O–H groups in total. The lowest BCUT2D eigenvalue weighted by molar-refractivity contribution is -0.127. The summed E-state index contributed by atoms with van der Waals surface area (Å²) in [5.74, 6) is 1.37. The van der Waals surface area contributed by atoms with Gasteiger partial charge in [0.25, 0.3) is 0 Å². The lowest BCUT2D eigenvalue weighted by Crippen LogP contribution is -2.28. The van der Waals surface area contributed by atoms with E-state index < -0.39 is 0 Å². The molecule has 0 aliphatic rings. The van der Waals surface area contributed by atoms with Crippen LogP contribution in [0.25, 0.3) is 6.08 Å². The van der Waals surface area contributed by atoms with Gasteiger partial charge in [-0.1, -0.05) is 30.3 Å². The summed E-state index contributed by atoms with van der Waals surface area (Å²) in [7, 11) is 0. The van der Waals surface area contributed by atoms with Crippen LogP contribution in [0.15, 0.2) is 82.0 Å². The van der Waals surface area contributed by atoms with Crippen LogP contribution in [-0.4, -0.2) is 10.8 Å². The average molecular weight is 307 g/mol. The predicted octanol–water partition coefficient (Wildman–Crippen LogP) is 4.11. The SMILES string of the molecule is O=C(/C=C/c1ccccc1)N(Cc1ccco1)Cc1ccco1. The number of carbonyl (C=O) groups is 1. The van der Waals surface area contributed by atoms with Crippen LogP contribution >= 0.6 is 0 Å². The van der Waals surface area contributed by atoms with Crippen LogP contribution in [-0.2, 0) is 17.9 Å². The van der Waals surface area contributed by atoms with E-state index in [4.69, 9.17) is 8.83 Å². The first-order chi connectivity index (χ1) is 11.3. The Kier molecular flexibility index (Phi) is 4.74. The van der Waals surface area contributed by atoms with E-state index >= 15 is 0 Å². The molecular weight excluding hydrogens is 290 g/mol. The van der Waals surface area contributed by atoms with Gasteiger partial charge in [0, 0.05) is 6.08 Å². The van der Waals surface area contributed by atoms with Crippen molar-refractivity contribution in [2.24, 2.45) is 0 Å². The van der Waals surface area contributed by atoms with Crippen molar-refractivity contribution in [3.63, 3.8) is 0 Å². The molecule has 0 unspecified atom stereocenters. The fourth-order valence-electron chi connectivity index (χ4n) is 2.23. The third-order valence-corrected chi connectivity index (χ3v) is 3.38. The Hall–Kier alpha value is -3.01. The Morgan fingerprint density at radius 1 is 0.870 bits per heavy atom. The highest BCUT2D eigenvalue weighted by Crippen LogP contribution is 2.12. The summed E-state index contributed by atoms with van der Waals surface area (Å²) in [5.41, 5.74) is 0.983. The van der Waals surface area contributed by atoms with E-state index in [0.717, 1.165) is 17.1 Å². The van der Waals surface area contributed by atoms with Crippen molar-refractivity contribution < 1.29 is 13.6 Å². The van der Waals surface area contributed by atoms with Gasteiger partial charge in [0.1, 0.15) is 11.5 Å². The van der Waals surface area contributed by atoms with Gasteiger partial charge in [-0.2, -0.15) is 0 Å². The summed E-state index contributed by atoms with van der Waals surface area (Å²) < 4.78 is 10.7. The van der Waals surface area contributed by atoms with Gasteiger partial charge in [-0.3, -0.25) is 4.79 Å². The number of nitrogens with zero attached hydrogens (tertiary/aromatic N) is 1. The molecule has 1 aromatic carbocycles. The van der Waals surface area contributed by atoms with Gasteiger partial charge in [-0.25, -0.2) is 0 Å². The minimum absolute atomic E-state index is 0.0957. The molecule has 0 fully saturated rings. The van der Waals surface area contributed by atoms with Crippen molar-refractivity contribution in [3.8, 4) is 0 Å². The van der Waals surface area contributed by atoms with Gasteiger partial charge in [-0.15, -0.1) is 0 Å². The lowest BCUT2D eigenvalue weighted by Gasteiger charge is -2.18. The van der Waals surface area contributed by atoms with Gasteiger partial charge >= 0.3 is 0 Å². The van der Waals surface area contributed by atoms with Crippen molar-refractivity contribution in [1.82, 2.24) is 4.90 Å². The fraction of sp³-hybridized carbons (Fsp3) is 0.105. The van der Waals surface area contributed by atoms with Crippen LogP contribution in [0.2, 0.25) is 0 Å². The monoisotopic (exact) mass is 307 g/mol. The zero-order valence-corrected chi connectivity index (χ0v) is 12.6. The summed E-state index contributed by atoms with van der Waals surface area (Å²) in [4.78, 5) is 14.2. The normalized spacial score (nSPS) is 11.0. The summed E-state index contributed by atoms with van der Waals surface area (Å²) in [6, 6.07) is 17.0. The number of hydrogen-bond donors (Lipinski definition) is 0. The topological polar surface area (TPSA) is 46.6 Å². The van der Waals surface area contributed by atoms with E-state index in [1.165, 1.54) is 0 Å². The van der Waals surface area contributed by atoms with E-state index in [1.54, 1.807) is 29.6 Å². The molecule has 0 spiro atoms. The average Bonchev–Trinajstić information content (AvgIpc) is 3.27. The van der Waals surface area contributed by atoms with Gasteiger partial charge in [0.15, 0.2) is 0 Å². The Balaban J connectivity index is 1.73. The van der Waals surface area contributed by atoms with Crippen LogP contribution in [0.3, 0.4) is 0 Å². The molecule has 1 amide bonds. The zero-order valence-electron chi connectivity index (χ0n) is 12.6. The lowest BCUT2D eigenvalue weighted by atomic mass is 10.2. The van der Waals surface area contributed by atoms with Crippen LogP contribution < -0.4 is 0 Å². The molecule has 0 radical (unpaired) electrons. The number of furan rings is 2.